The van der Waals surface area contributed by atoms with E-state index in [4.69, 9.17) is 15.9 Å². The second kappa shape index (κ2) is 9.36. The van der Waals surface area contributed by atoms with Crippen LogP contribution in [0.3, 0.4) is 0 Å². The van der Waals surface area contributed by atoms with Crippen LogP contribution in [0.5, 0.6) is 0 Å². The van der Waals surface area contributed by atoms with Crippen molar-refractivity contribution >= 4 is 35.9 Å². The van der Waals surface area contributed by atoms with E-state index in [2.05, 4.69) is 5.32 Å². The number of halogens is 1. The maximum Gasteiger partial charge on any atom is 0.424 e. The first-order valence-corrected chi connectivity index (χ1v) is 9.39. The summed E-state index contributed by atoms with van der Waals surface area (Å²) >= 11 is 0. The Kier molecular flexibility index (Phi) is 7.40. The van der Waals surface area contributed by atoms with E-state index in [9.17, 15) is 9.59 Å². The number of carbonyl (C=O) groups is 2. The number of nitrogen functional groups attached to an aromatic ring is 1. The minimum Gasteiger partial charge on any atom is -0.469 e. The van der Waals surface area contributed by atoms with Crippen molar-refractivity contribution in [2.75, 3.05) is 39.8 Å². The van der Waals surface area contributed by atoms with E-state index in [-0.39, 0.29) is 47.2 Å². The highest BCUT2D eigenvalue weighted by Crippen LogP contribution is 2.32. The van der Waals surface area contributed by atoms with Gasteiger partial charge in [0.25, 0.3) is 0 Å². The molecular weight excluding hydrogens is 382 g/mol. The number of nitrogens with zero attached hydrogens (tertiary/aromatic N) is 2. The van der Waals surface area contributed by atoms with E-state index in [0.717, 1.165) is 31.6 Å². The quantitative estimate of drug-likeness (QED) is 0.284. The lowest BCUT2D eigenvalue weighted by Gasteiger charge is -2.33. The molecule has 8 nitrogen and oxygen atoms in total. The van der Waals surface area contributed by atoms with Gasteiger partial charge in [0, 0.05) is 23.7 Å². The average Bonchev–Trinajstić information content (AvgIpc) is 3.04. The molecule has 9 heteroatoms. The number of methoxy groups -OCH3 is 1. The van der Waals surface area contributed by atoms with Gasteiger partial charge in [-0.15, -0.1) is 12.4 Å². The molecule has 0 spiro atoms. The van der Waals surface area contributed by atoms with Gasteiger partial charge in [-0.1, -0.05) is 0 Å². The molecule has 1 aromatic carbocycles. The highest BCUT2D eigenvalue weighted by molar-refractivity contribution is 5.96. The molecule has 2 saturated heterocycles. The van der Waals surface area contributed by atoms with Crippen LogP contribution in [0.15, 0.2) is 24.3 Å². The molecule has 2 aliphatic rings. The third-order valence-electron chi connectivity index (χ3n) is 5.68. The van der Waals surface area contributed by atoms with E-state index in [1.54, 1.807) is 12.1 Å². The first-order valence-electron chi connectivity index (χ1n) is 9.39. The van der Waals surface area contributed by atoms with Crippen molar-refractivity contribution in [2.45, 2.75) is 25.3 Å². The molecular formula is C19H29ClN5O3+. The number of nitrogens with two attached hydrogens (primary N) is 1. The molecule has 28 heavy (non-hydrogen) atoms. The van der Waals surface area contributed by atoms with Gasteiger partial charge < -0.3 is 15.8 Å². The zero-order valence-electron chi connectivity index (χ0n) is 16.1. The minimum absolute atomic E-state index is 0. The molecule has 2 aliphatic heterocycles. The molecule has 1 aromatic rings. The maximum absolute atomic E-state index is 13.5. The summed E-state index contributed by atoms with van der Waals surface area (Å²) in [6, 6.07) is 7.50. The van der Waals surface area contributed by atoms with Crippen molar-refractivity contribution in [1.82, 2.24) is 14.7 Å². The van der Waals surface area contributed by atoms with Crippen LogP contribution >= 0.6 is 12.4 Å². The van der Waals surface area contributed by atoms with Gasteiger partial charge in [0.1, 0.15) is 24.6 Å². The molecule has 0 saturated carbocycles. The van der Waals surface area contributed by atoms with Gasteiger partial charge in [-0.05, 0) is 38.1 Å². The van der Waals surface area contributed by atoms with Gasteiger partial charge >= 0.3 is 12.0 Å². The molecule has 2 heterocycles. The van der Waals surface area contributed by atoms with Crippen LogP contribution in [0.1, 0.15) is 24.8 Å². The second-order valence-corrected chi connectivity index (χ2v) is 7.16. The smallest absolute Gasteiger partial charge is 0.424 e. The van der Waals surface area contributed by atoms with Crippen LogP contribution in [0.4, 0.5) is 10.5 Å². The number of piperidine rings is 1. The number of nitrogens with one attached hydrogen (secondary N) is 2. The van der Waals surface area contributed by atoms with Crippen LogP contribution in [-0.4, -0.2) is 68.6 Å². The average molecular weight is 411 g/mol. The zero-order chi connectivity index (χ0) is 19.4. The summed E-state index contributed by atoms with van der Waals surface area (Å²) in [7, 11) is 1.36. The second-order valence-electron chi connectivity index (χ2n) is 7.16. The molecule has 154 valence electrons. The number of hydrogen-bond acceptors (Lipinski definition) is 5. The Hall–Kier alpha value is -2.16. The number of quaternary nitrogens is 1. The Morgan fingerprint density at radius 1 is 1.32 bits per heavy atom. The molecule has 0 aliphatic carbocycles. The van der Waals surface area contributed by atoms with Crippen LogP contribution in [0, 0.1) is 5.41 Å². The standard InChI is InChI=1S/C19H28N5O3.ClH/c1-27-17(25)8-12-24(16-4-2-14(3-5-16)18(20)21)13-11-23(19(24)26)15-6-9-22-10-7-15;/h2-5,15,22H,6-13H2,1H3,(H3,20,21);1H/q+1;. The highest BCUT2D eigenvalue weighted by atomic mass is 35.5. The van der Waals surface area contributed by atoms with Crippen molar-refractivity contribution in [3.63, 3.8) is 0 Å². The molecule has 4 N–H and O–H groups in total. The van der Waals surface area contributed by atoms with E-state index in [1.807, 2.05) is 17.0 Å². The number of esters is 1. The number of hydrogen-bond donors (Lipinski definition) is 3. The number of urea groups is 1. The lowest BCUT2D eigenvalue weighted by atomic mass is 10.1. The Balaban J connectivity index is 0.00000280. The fraction of sp³-hybridized carbons (Fsp3) is 0.526. The van der Waals surface area contributed by atoms with Gasteiger partial charge in [-0.25, -0.2) is 9.28 Å². The van der Waals surface area contributed by atoms with Gasteiger partial charge in [0.2, 0.25) is 0 Å². The van der Waals surface area contributed by atoms with Crippen molar-refractivity contribution < 1.29 is 14.3 Å². The Morgan fingerprint density at radius 2 is 1.96 bits per heavy atom. The van der Waals surface area contributed by atoms with E-state index < -0.39 is 0 Å². The summed E-state index contributed by atoms with van der Waals surface area (Å²) in [5.74, 6) is -0.326. The monoisotopic (exact) mass is 410 g/mol. The molecule has 2 amide bonds. The van der Waals surface area contributed by atoms with Gasteiger partial charge in [0.15, 0.2) is 0 Å². The van der Waals surface area contributed by atoms with E-state index in [0.29, 0.717) is 25.2 Å². The summed E-state index contributed by atoms with van der Waals surface area (Å²) in [5.41, 5.74) is 6.99. The SMILES string of the molecule is COC(=O)CC[N+]1(c2ccc(C(=N)N)cc2)CCN(C2CCNCC2)C1=O.Cl. The normalized spacial score (nSPS) is 22.6. The van der Waals surface area contributed by atoms with Crippen molar-refractivity contribution in [3.05, 3.63) is 29.8 Å². The van der Waals surface area contributed by atoms with Gasteiger partial charge in [-0.2, -0.15) is 0 Å². The number of ether oxygens (including phenoxy) is 1. The number of rotatable bonds is 6. The number of carbonyl (C=O) groups excluding carboxylic acids is 2. The maximum atomic E-state index is 13.5. The van der Waals surface area contributed by atoms with E-state index in [1.165, 1.54) is 7.11 Å². The van der Waals surface area contributed by atoms with Crippen LogP contribution in [0.2, 0.25) is 0 Å². The molecule has 0 bridgehead atoms. The Labute approximate surface area is 171 Å². The van der Waals surface area contributed by atoms with Crippen molar-refractivity contribution in [1.29, 1.82) is 5.41 Å². The summed E-state index contributed by atoms with van der Waals surface area (Å²) < 4.78 is 4.90. The fourth-order valence-corrected chi connectivity index (χ4v) is 4.06. The third kappa shape index (κ3) is 4.29. The molecule has 1 unspecified atom stereocenters. The molecule has 2 fully saturated rings. The van der Waals surface area contributed by atoms with E-state index >= 15 is 0 Å². The molecule has 0 aromatic heterocycles. The minimum atomic E-state index is -0.319. The Bertz CT molecular complexity index is 721. The number of benzene rings is 1. The summed E-state index contributed by atoms with van der Waals surface area (Å²) in [6.07, 6.45) is 2.08. The van der Waals surface area contributed by atoms with Crippen LogP contribution in [0.25, 0.3) is 0 Å². The van der Waals surface area contributed by atoms with Crippen LogP contribution < -0.4 is 15.5 Å². The lowest BCUT2D eigenvalue weighted by Crippen LogP contribution is -2.55. The summed E-state index contributed by atoms with van der Waals surface area (Å²) in [4.78, 5) is 27.3. The number of amides is 2. The topological polar surface area (TPSA) is 109 Å². The first kappa shape index (κ1) is 22.1. The summed E-state index contributed by atoms with van der Waals surface area (Å²) in [6.45, 7) is 3.51. The van der Waals surface area contributed by atoms with Gasteiger partial charge in [-0.3, -0.25) is 15.1 Å². The highest BCUT2D eigenvalue weighted by Gasteiger charge is 2.50. The Morgan fingerprint density at radius 3 is 2.54 bits per heavy atom. The van der Waals surface area contributed by atoms with Crippen LogP contribution in [-0.2, 0) is 9.53 Å². The van der Waals surface area contributed by atoms with Crippen molar-refractivity contribution in [3.8, 4) is 0 Å². The van der Waals surface area contributed by atoms with Gasteiger partial charge in [0.05, 0.1) is 20.1 Å². The first-order chi connectivity index (χ1) is 13.0. The lowest BCUT2D eigenvalue weighted by molar-refractivity contribution is -0.140. The predicted molar refractivity (Wildman–Crippen MR) is 111 cm³/mol. The molecule has 0 radical (unpaired) electrons. The number of amidine groups is 1. The predicted octanol–water partition coefficient (Wildman–Crippen LogP) is 1.45. The zero-order valence-corrected chi connectivity index (χ0v) is 17.0. The fourth-order valence-electron chi connectivity index (χ4n) is 4.06. The molecule has 1 atom stereocenters. The summed E-state index contributed by atoms with van der Waals surface area (Å²) in [5, 5.41) is 10.9. The third-order valence-corrected chi connectivity index (χ3v) is 5.68. The molecule has 3 rings (SSSR count). The van der Waals surface area contributed by atoms with Crippen molar-refractivity contribution in [2.24, 2.45) is 5.73 Å². The largest absolute Gasteiger partial charge is 0.469 e.